The van der Waals surface area contributed by atoms with Crippen LogP contribution in [0.15, 0.2) is 53.2 Å². The molecule has 2 aliphatic heterocycles. The third kappa shape index (κ3) is 4.30. The van der Waals surface area contributed by atoms with Crippen molar-refractivity contribution in [3.8, 4) is 11.4 Å². The van der Waals surface area contributed by atoms with Gasteiger partial charge in [-0.3, -0.25) is 9.59 Å². The van der Waals surface area contributed by atoms with Crippen LogP contribution in [0.4, 0.5) is 11.5 Å². The van der Waals surface area contributed by atoms with Crippen LogP contribution in [0.3, 0.4) is 0 Å². The number of carbonyl (C=O) groups is 2. The summed E-state index contributed by atoms with van der Waals surface area (Å²) in [4.78, 5) is 40.2. The van der Waals surface area contributed by atoms with E-state index < -0.39 is 0 Å². The Bertz CT molecular complexity index is 1120. The topological polar surface area (TPSA) is 95.7 Å². The molecule has 170 valence electrons. The third-order valence-corrected chi connectivity index (χ3v) is 6.23. The number of amides is 2. The second kappa shape index (κ2) is 9.01. The maximum atomic E-state index is 13.1. The molecule has 0 bridgehead atoms. The molecule has 0 spiro atoms. The molecule has 0 saturated carbocycles. The summed E-state index contributed by atoms with van der Waals surface area (Å²) in [6, 6.07) is 13.4. The van der Waals surface area contributed by atoms with Crippen LogP contribution >= 0.6 is 0 Å². The van der Waals surface area contributed by atoms with Gasteiger partial charge in [0.2, 0.25) is 23.5 Å². The highest BCUT2D eigenvalue weighted by molar-refractivity contribution is 6.00. The largest absolute Gasteiger partial charge is 0.353 e. The summed E-state index contributed by atoms with van der Waals surface area (Å²) < 4.78 is 5.17. The number of anilines is 2. The zero-order valence-corrected chi connectivity index (χ0v) is 18.6. The average molecular weight is 447 g/mol. The van der Waals surface area contributed by atoms with E-state index in [4.69, 9.17) is 4.52 Å². The number of piperazine rings is 1. The van der Waals surface area contributed by atoms with Gasteiger partial charge in [0.05, 0.1) is 5.92 Å². The number of aryl methyl sites for hydroxylation is 1. The lowest BCUT2D eigenvalue weighted by molar-refractivity contribution is -0.136. The Morgan fingerprint density at radius 2 is 1.88 bits per heavy atom. The van der Waals surface area contributed by atoms with Gasteiger partial charge in [0, 0.05) is 63.0 Å². The van der Waals surface area contributed by atoms with Gasteiger partial charge in [0.1, 0.15) is 5.82 Å². The molecule has 2 amide bonds. The van der Waals surface area contributed by atoms with E-state index in [1.807, 2.05) is 54.3 Å². The molecule has 5 rings (SSSR count). The molecule has 0 unspecified atom stereocenters. The molecule has 0 N–H and O–H groups in total. The van der Waals surface area contributed by atoms with E-state index in [2.05, 4.69) is 20.0 Å². The predicted octanol–water partition coefficient (Wildman–Crippen LogP) is 2.40. The molecule has 1 aromatic carbocycles. The minimum atomic E-state index is -0.287. The zero-order valence-electron chi connectivity index (χ0n) is 18.6. The number of hydrogen-bond donors (Lipinski definition) is 0. The van der Waals surface area contributed by atoms with Crippen molar-refractivity contribution in [2.24, 2.45) is 5.92 Å². The second-order valence-corrected chi connectivity index (χ2v) is 8.32. The van der Waals surface area contributed by atoms with Gasteiger partial charge in [0.25, 0.3) is 0 Å². The Morgan fingerprint density at radius 1 is 1.09 bits per heavy atom. The van der Waals surface area contributed by atoms with E-state index in [0.717, 1.165) is 17.1 Å². The highest BCUT2D eigenvalue weighted by Gasteiger charge is 2.38. The first-order valence-electron chi connectivity index (χ1n) is 11.3. The third-order valence-electron chi connectivity index (χ3n) is 6.23. The molecule has 9 nitrogen and oxygen atoms in total. The highest BCUT2D eigenvalue weighted by Crippen LogP contribution is 2.27. The van der Waals surface area contributed by atoms with Crippen LogP contribution in [0.2, 0.25) is 0 Å². The average Bonchev–Trinajstić information content (AvgIpc) is 3.51. The van der Waals surface area contributed by atoms with E-state index in [1.165, 1.54) is 0 Å². The molecule has 0 aliphatic carbocycles. The minimum absolute atomic E-state index is 0.00938. The summed E-state index contributed by atoms with van der Waals surface area (Å²) in [5, 5.41) is 3.99. The molecule has 2 fully saturated rings. The Hall–Kier alpha value is -3.75. The summed E-state index contributed by atoms with van der Waals surface area (Å²) in [6.45, 7) is 5.03. The fourth-order valence-corrected chi connectivity index (χ4v) is 4.37. The lowest BCUT2D eigenvalue weighted by Crippen LogP contribution is -2.51. The van der Waals surface area contributed by atoms with Crippen LogP contribution in [0.1, 0.15) is 19.2 Å². The van der Waals surface area contributed by atoms with Gasteiger partial charge in [0.15, 0.2) is 0 Å². The van der Waals surface area contributed by atoms with Gasteiger partial charge in [-0.1, -0.05) is 30.3 Å². The van der Waals surface area contributed by atoms with Gasteiger partial charge >= 0.3 is 0 Å². The van der Waals surface area contributed by atoms with Crippen molar-refractivity contribution in [2.45, 2.75) is 19.8 Å². The molecule has 1 atom stereocenters. The summed E-state index contributed by atoms with van der Waals surface area (Å²) in [5.74, 6) is 1.78. The Labute approximate surface area is 192 Å². The summed E-state index contributed by atoms with van der Waals surface area (Å²) in [5.41, 5.74) is 1.66. The smallest absolute Gasteiger partial charge is 0.228 e. The second-order valence-electron chi connectivity index (χ2n) is 8.32. The summed E-state index contributed by atoms with van der Waals surface area (Å²) >= 11 is 0. The molecular formula is C24H26N6O3. The van der Waals surface area contributed by atoms with Gasteiger partial charge in [-0.15, -0.1) is 0 Å². The van der Waals surface area contributed by atoms with Gasteiger partial charge < -0.3 is 19.2 Å². The summed E-state index contributed by atoms with van der Waals surface area (Å²) in [6.07, 6.45) is 2.72. The van der Waals surface area contributed by atoms with Crippen molar-refractivity contribution in [1.82, 2.24) is 20.0 Å². The first-order valence-corrected chi connectivity index (χ1v) is 11.3. The Kier molecular flexibility index (Phi) is 5.77. The molecule has 2 aliphatic rings. The Morgan fingerprint density at radius 3 is 2.55 bits per heavy atom. The number of pyridine rings is 1. The van der Waals surface area contributed by atoms with Gasteiger partial charge in [-0.05, 0) is 24.3 Å². The molecular weight excluding hydrogens is 420 g/mol. The number of rotatable bonds is 5. The zero-order chi connectivity index (χ0) is 22.8. The molecule has 4 heterocycles. The van der Waals surface area contributed by atoms with Crippen LogP contribution in [-0.4, -0.2) is 64.6 Å². The summed E-state index contributed by atoms with van der Waals surface area (Å²) in [7, 11) is 0. The van der Waals surface area contributed by atoms with Gasteiger partial charge in [-0.25, -0.2) is 4.98 Å². The number of hydrogen-bond acceptors (Lipinski definition) is 7. The Balaban J connectivity index is 1.17. The van der Waals surface area contributed by atoms with Crippen LogP contribution in [-0.2, 0) is 16.0 Å². The SMILES string of the molecule is CCc1nc(-c2ccc(N3CCN(C(=O)[C@H]4CC(=O)N(c5ccccc5)C4)CC3)nc2)no1. The fraction of sp³-hybridized carbons (Fsp3) is 0.375. The van der Waals surface area contributed by atoms with Crippen molar-refractivity contribution < 1.29 is 14.1 Å². The van der Waals surface area contributed by atoms with Crippen molar-refractivity contribution in [3.05, 3.63) is 54.6 Å². The molecule has 9 heteroatoms. The number of para-hydroxylation sites is 1. The van der Waals surface area contributed by atoms with Crippen LogP contribution in [0, 0.1) is 5.92 Å². The van der Waals surface area contributed by atoms with Crippen molar-refractivity contribution >= 4 is 23.3 Å². The van der Waals surface area contributed by atoms with Crippen molar-refractivity contribution in [3.63, 3.8) is 0 Å². The number of benzene rings is 1. The van der Waals surface area contributed by atoms with E-state index in [-0.39, 0.29) is 24.2 Å². The fourth-order valence-electron chi connectivity index (χ4n) is 4.37. The van der Waals surface area contributed by atoms with E-state index in [1.54, 1.807) is 11.1 Å². The standard InChI is InChI=1S/C24H26N6O3/c1-2-21-26-23(27-33-21)17-8-9-20(25-15-17)28-10-12-29(13-11-28)24(32)18-14-22(31)30(16-18)19-6-4-3-5-7-19/h3-9,15,18H,2,10-14,16H2,1H3/t18-/m0/s1. The molecule has 3 aromatic rings. The lowest BCUT2D eigenvalue weighted by Gasteiger charge is -2.36. The maximum absolute atomic E-state index is 13.1. The maximum Gasteiger partial charge on any atom is 0.228 e. The number of aromatic nitrogens is 3. The molecule has 0 radical (unpaired) electrons. The first-order chi connectivity index (χ1) is 16.1. The molecule has 33 heavy (non-hydrogen) atoms. The first kappa shape index (κ1) is 21.1. The predicted molar refractivity (Wildman–Crippen MR) is 123 cm³/mol. The van der Waals surface area contributed by atoms with Crippen LogP contribution in [0.5, 0.6) is 0 Å². The molecule has 2 saturated heterocycles. The quantitative estimate of drug-likeness (QED) is 0.594. The number of nitrogens with zero attached hydrogens (tertiary/aromatic N) is 6. The minimum Gasteiger partial charge on any atom is -0.353 e. The molecule has 2 aromatic heterocycles. The lowest BCUT2D eigenvalue weighted by atomic mass is 10.1. The van der Waals surface area contributed by atoms with Crippen LogP contribution in [0.25, 0.3) is 11.4 Å². The highest BCUT2D eigenvalue weighted by atomic mass is 16.5. The van der Waals surface area contributed by atoms with E-state index in [9.17, 15) is 9.59 Å². The normalized spacial score (nSPS) is 18.8. The van der Waals surface area contributed by atoms with E-state index >= 15 is 0 Å². The van der Waals surface area contributed by atoms with E-state index in [0.29, 0.717) is 50.9 Å². The van der Waals surface area contributed by atoms with Crippen molar-refractivity contribution in [2.75, 3.05) is 42.5 Å². The van der Waals surface area contributed by atoms with Gasteiger partial charge in [-0.2, -0.15) is 4.98 Å². The van der Waals surface area contributed by atoms with Crippen LogP contribution < -0.4 is 9.80 Å². The number of carbonyl (C=O) groups excluding carboxylic acids is 2. The van der Waals surface area contributed by atoms with Crippen molar-refractivity contribution in [1.29, 1.82) is 0 Å². The monoisotopic (exact) mass is 446 g/mol.